The number of carbonyl (C=O) groups excluding carboxylic acids is 1. The number of Topliss-reactive ketones (excluding diaryl/α,β-unsaturated/α-hetero) is 1. The van der Waals surface area contributed by atoms with Gasteiger partial charge in [0.25, 0.3) is 5.56 Å². The van der Waals surface area contributed by atoms with Gasteiger partial charge in [0, 0.05) is 0 Å². The van der Waals surface area contributed by atoms with Crippen LogP contribution in [0.2, 0.25) is 0 Å². The molecule has 31 heavy (non-hydrogen) atoms. The first-order chi connectivity index (χ1) is 14.9. The van der Waals surface area contributed by atoms with Crippen molar-refractivity contribution >= 4 is 5.78 Å². The van der Waals surface area contributed by atoms with E-state index in [0.717, 1.165) is 10.1 Å². The van der Waals surface area contributed by atoms with Crippen LogP contribution in [0.25, 0.3) is 0 Å². The molecule has 7 heteroatoms. The van der Waals surface area contributed by atoms with Gasteiger partial charge < -0.3 is 14.6 Å². The van der Waals surface area contributed by atoms with E-state index in [1.54, 1.807) is 55.5 Å². The highest BCUT2D eigenvalue weighted by molar-refractivity contribution is 6.01. The summed E-state index contributed by atoms with van der Waals surface area (Å²) in [7, 11) is 1.49. The molecule has 0 saturated heterocycles. The average Bonchev–Trinajstić information content (AvgIpc) is 2.78. The van der Waals surface area contributed by atoms with E-state index in [4.69, 9.17) is 9.47 Å². The fraction of sp³-hybridized carbons (Fsp3) is 0.208. The Kier molecular flexibility index (Phi) is 6.41. The van der Waals surface area contributed by atoms with Gasteiger partial charge in [-0.3, -0.25) is 14.2 Å². The highest BCUT2D eigenvalue weighted by Crippen LogP contribution is 2.29. The van der Waals surface area contributed by atoms with Gasteiger partial charge in [-0.15, -0.1) is 0 Å². The summed E-state index contributed by atoms with van der Waals surface area (Å²) in [6.07, 6.45) is 0. The molecule has 3 aromatic rings. The van der Waals surface area contributed by atoms with E-state index in [0.29, 0.717) is 11.5 Å². The summed E-state index contributed by atoms with van der Waals surface area (Å²) in [5.74, 6) is -0.239. The van der Waals surface area contributed by atoms with Crippen LogP contribution < -0.4 is 15.0 Å². The fourth-order valence-electron chi connectivity index (χ4n) is 3.45. The Hall–Kier alpha value is -4.05. The number of aromatic nitrogens is 1. The molecule has 2 aromatic carbocycles. The minimum absolute atomic E-state index is 0.117. The molecule has 0 fully saturated rings. The van der Waals surface area contributed by atoms with Crippen molar-refractivity contribution < 1.29 is 19.4 Å². The molecule has 0 saturated carbocycles. The average molecular weight is 418 g/mol. The Labute approximate surface area is 179 Å². The summed E-state index contributed by atoms with van der Waals surface area (Å²) >= 11 is 0. The monoisotopic (exact) mass is 418 g/mol. The Balaban J connectivity index is 2.05. The number of ether oxygens (including phenoxy) is 2. The summed E-state index contributed by atoms with van der Waals surface area (Å²) in [4.78, 5) is 25.9. The molecule has 1 heterocycles. The van der Waals surface area contributed by atoms with Gasteiger partial charge >= 0.3 is 0 Å². The van der Waals surface area contributed by atoms with E-state index in [1.807, 2.05) is 12.1 Å². The Morgan fingerprint density at radius 3 is 2.35 bits per heavy atom. The molecule has 158 valence electrons. The van der Waals surface area contributed by atoms with Crippen molar-refractivity contribution in [2.45, 2.75) is 19.9 Å². The second-order valence-corrected chi connectivity index (χ2v) is 6.93. The molecule has 0 aliphatic heterocycles. The lowest BCUT2D eigenvalue weighted by Crippen LogP contribution is -2.30. The molecule has 0 spiro atoms. The first-order valence-corrected chi connectivity index (χ1v) is 9.62. The highest BCUT2D eigenvalue weighted by atomic mass is 16.5. The molecular formula is C24H22N2O5. The zero-order valence-electron chi connectivity index (χ0n) is 17.5. The van der Waals surface area contributed by atoms with Crippen LogP contribution >= 0.6 is 0 Å². The summed E-state index contributed by atoms with van der Waals surface area (Å²) < 4.78 is 11.9. The van der Waals surface area contributed by atoms with Gasteiger partial charge in [-0.25, -0.2) is 0 Å². The molecule has 7 nitrogen and oxygen atoms in total. The van der Waals surface area contributed by atoms with E-state index in [2.05, 4.69) is 0 Å². The molecule has 1 unspecified atom stereocenters. The van der Waals surface area contributed by atoms with Crippen LogP contribution in [0.4, 0.5) is 0 Å². The largest absolute Gasteiger partial charge is 0.494 e. The van der Waals surface area contributed by atoms with E-state index >= 15 is 0 Å². The lowest BCUT2D eigenvalue weighted by atomic mass is 10.00. The first kappa shape index (κ1) is 21.7. The van der Waals surface area contributed by atoms with Crippen molar-refractivity contribution in [2.75, 3.05) is 13.7 Å². The quantitative estimate of drug-likeness (QED) is 0.588. The molecule has 1 N–H and O–H groups in total. The van der Waals surface area contributed by atoms with Gasteiger partial charge in [-0.2, -0.15) is 5.26 Å². The number of carbonyl (C=O) groups is 1. The van der Waals surface area contributed by atoms with Gasteiger partial charge in [-0.1, -0.05) is 42.5 Å². The van der Waals surface area contributed by atoms with Crippen LogP contribution in [0, 0.1) is 18.3 Å². The van der Waals surface area contributed by atoms with Gasteiger partial charge in [0.05, 0.1) is 18.7 Å². The third-order valence-electron chi connectivity index (χ3n) is 5.12. The molecule has 0 aliphatic carbocycles. The number of nitrogens with zero attached hydrogens (tertiary/aromatic N) is 2. The number of rotatable bonds is 7. The smallest absolute Gasteiger partial charge is 0.272 e. The highest BCUT2D eigenvalue weighted by Gasteiger charge is 2.27. The van der Waals surface area contributed by atoms with Crippen LogP contribution in [-0.4, -0.2) is 29.2 Å². The summed E-state index contributed by atoms with van der Waals surface area (Å²) in [5.41, 5.74) is -0.0995. The molecule has 0 amide bonds. The number of nitriles is 1. The number of hydrogen-bond donors (Lipinski definition) is 1. The van der Waals surface area contributed by atoms with E-state index < -0.39 is 29.9 Å². The van der Waals surface area contributed by atoms with Crippen molar-refractivity contribution in [3.8, 4) is 23.4 Å². The van der Waals surface area contributed by atoms with Crippen molar-refractivity contribution in [2.24, 2.45) is 0 Å². The third-order valence-corrected chi connectivity index (χ3v) is 5.12. The zero-order chi connectivity index (χ0) is 22.5. The molecule has 1 atom stereocenters. The number of hydrogen-bond acceptors (Lipinski definition) is 6. The van der Waals surface area contributed by atoms with Crippen LogP contribution in [0.3, 0.4) is 0 Å². The second kappa shape index (κ2) is 9.18. The second-order valence-electron chi connectivity index (χ2n) is 6.93. The lowest BCUT2D eigenvalue weighted by Gasteiger charge is -2.21. The standard InChI is InChI=1S/C24H22N2O5/c1-15-18(13-25)23(28)26(16(2)17-9-5-4-6-10-17)24(29)22(15)19(27)14-31-21-12-8-7-11-20(21)30-3/h4-12,16,29H,14H2,1-3H3. The minimum atomic E-state index is -0.656. The number of para-hydroxylation sites is 2. The molecule has 0 radical (unpaired) electrons. The normalized spacial score (nSPS) is 11.4. The first-order valence-electron chi connectivity index (χ1n) is 9.62. The molecule has 0 bridgehead atoms. The van der Waals surface area contributed by atoms with Crippen molar-refractivity contribution in [3.05, 3.63) is 87.2 Å². The Bertz CT molecular complexity index is 1210. The fourth-order valence-corrected chi connectivity index (χ4v) is 3.45. The van der Waals surface area contributed by atoms with Crippen LogP contribution in [0.1, 0.15) is 40.0 Å². The predicted molar refractivity (Wildman–Crippen MR) is 115 cm³/mol. The summed E-state index contributed by atoms with van der Waals surface area (Å²) in [6.45, 7) is 2.78. The molecule has 1 aromatic heterocycles. The van der Waals surface area contributed by atoms with Crippen molar-refractivity contribution in [3.63, 3.8) is 0 Å². The van der Waals surface area contributed by atoms with Crippen LogP contribution in [0.15, 0.2) is 59.4 Å². The van der Waals surface area contributed by atoms with Crippen molar-refractivity contribution in [1.29, 1.82) is 5.26 Å². The topological polar surface area (TPSA) is 102 Å². The predicted octanol–water partition coefficient (Wildman–Crippen LogP) is 3.61. The van der Waals surface area contributed by atoms with Gasteiger partial charge in [0.15, 0.2) is 18.1 Å². The van der Waals surface area contributed by atoms with Crippen molar-refractivity contribution in [1.82, 2.24) is 4.57 Å². The zero-order valence-corrected chi connectivity index (χ0v) is 17.5. The summed E-state index contributed by atoms with van der Waals surface area (Å²) in [5, 5.41) is 20.5. The molecule has 0 aliphatic rings. The lowest BCUT2D eigenvalue weighted by molar-refractivity contribution is 0.0914. The Morgan fingerprint density at radius 1 is 1.13 bits per heavy atom. The van der Waals surface area contributed by atoms with E-state index in [-0.39, 0.29) is 16.7 Å². The SMILES string of the molecule is COc1ccccc1OCC(=O)c1c(C)c(C#N)c(=O)n(C(C)c2ccccc2)c1O. The maximum absolute atomic E-state index is 13.0. The number of pyridine rings is 1. The van der Waals surface area contributed by atoms with E-state index in [9.17, 15) is 20.0 Å². The number of benzene rings is 2. The van der Waals surface area contributed by atoms with Gasteiger partial charge in [0.2, 0.25) is 11.7 Å². The number of ketones is 1. The summed E-state index contributed by atoms with van der Waals surface area (Å²) in [6, 6.07) is 17.2. The van der Waals surface area contributed by atoms with E-state index in [1.165, 1.54) is 14.0 Å². The molecule has 3 rings (SSSR count). The number of methoxy groups -OCH3 is 1. The van der Waals surface area contributed by atoms with Gasteiger partial charge in [0.1, 0.15) is 11.6 Å². The Morgan fingerprint density at radius 2 is 1.74 bits per heavy atom. The number of aromatic hydroxyl groups is 1. The minimum Gasteiger partial charge on any atom is -0.494 e. The van der Waals surface area contributed by atoms with Gasteiger partial charge in [-0.05, 0) is 37.1 Å². The van der Waals surface area contributed by atoms with Crippen LogP contribution in [0.5, 0.6) is 17.4 Å². The maximum atomic E-state index is 13.0. The molecular weight excluding hydrogens is 396 g/mol. The third kappa shape index (κ3) is 4.14. The maximum Gasteiger partial charge on any atom is 0.272 e. The van der Waals surface area contributed by atoms with Crippen LogP contribution in [-0.2, 0) is 0 Å².